The highest BCUT2D eigenvalue weighted by molar-refractivity contribution is 7.18. The molecule has 2 aliphatic rings. The molecule has 3 N–H and O–H groups in total. The molecule has 0 saturated carbocycles. The summed E-state index contributed by atoms with van der Waals surface area (Å²) >= 11 is 1.79. The predicted octanol–water partition coefficient (Wildman–Crippen LogP) is 3.78. The molecule has 0 atom stereocenters. The van der Waals surface area contributed by atoms with E-state index < -0.39 is 0 Å². The van der Waals surface area contributed by atoms with Gasteiger partial charge in [-0.25, -0.2) is 9.97 Å². The molecule has 3 aromatic heterocycles. The zero-order valence-electron chi connectivity index (χ0n) is 15.0. The summed E-state index contributed by atoms with van der Waals surface area (Å²) in [6.45, 7) is 2.70. The first-order chi connectivity index (χ1) is 12.4. The molecule has 9 heteroatoms. The molecule has 3 aromatic rings. The molecule has 27 heavy (non-hydrogen) atoms. The first kappa shape index (κ1) is 20.3. The van der Waals surface area contributed by atoms with Crippen LogP contribution in [0.15, 0.2) is 6.33 Å². The second kappa shape index (κ2) is 8.73. The summed E-state index contributed by atoms with van der Waals surface area (Å²) in [6, 6.07) is 0. The molecule has 1 aliphatic carbocycles. The molecule has 5 rings (SSSR count). The molecule has 146 valence electrons. The van der Waals surface area contributed by atoms with Gasteiger partial charge in [0.25, 0.3) is 0 Å². The van der Waals surface area contributed by atoms with E-state index in [0.29, 0.717) is 0 Å². The monoisotopic (exact) mass is 426 g/mol. The summed E-state index contributed by atoms with van der Waals surface area (Å²) in [4.78, 5) is 11.5. The van der Waals surface area contributed by atoms with Crippen molar-refractivity contribution < 1.29 is 0 Å². The van der Waals surface area contributed by atoms with Crippen LogP contribution in [0.4, 0.5) is 5.82 Å². The third-order valence-corrected chi connectivity index (χ3v) is 6.46. The highest BCUT2D eigenvalue weighted by Crippen LogP contribution is 2.35. The topological polar surface area (TPSA) is 78.5 Å². The Labute approximate surface area is 174 Å². The lowest BCUT2D eigenvalue weighted by Crippen LogP contribution is -2.22. The Bertz CT molecular complexity index is 922. The fourth-order valence-electron chi connectivity index (χ4n) is 4.03. The molecule has 0 fully saturated rings. The van der Waals surface area contributed by atoms with Crippen molar-refractivity contribution in [3.8, 4) is 0 Å². The fraction of sp³-hybridized carbons (Fsp3) is 0.500. The van der Waals surface area contributed by atoms with Crippen molar-refractivity contribution in [2.75, 3.05) is 11.9 Å². The zero-order chi connectivity index (χ0) is 16.6. The lowest BCUT2D eigenvalue weighted by atomic mass is 10.1. The van der Waals surface area contributed by atoms with E-state index in [9.17, 15) is 0 Å². The van der Waals surface area contributed by atoms with Crippen molar-refractivity contribution in [2.45, 2.75) is 51.6 Å². The number of aryl methyl sites for hydroxylation is 1. The third-order valence-electron chi connectivity index (χ3n) is 5.32. The highest BCUT2D eigenvalue weighted by atomic mass is 35.5. The molecule has 4 heterocycles. The van der Waals surface area contributed by atoms with Crippen LogP contribution in [0.2, 0.25) is 0 Å². The number of aromatic amines is 1. The summed E-state index contributed by atoms with van der Waals surface area (Å²) in [5.41, 5.74) is 5.32. The fourth-order valence-corrected chi connectivity index (χ4v) is 5.19. The van der Waals surface area contributed by atoms with Gasteiger partial charge in [0.1, 0.15) is 17.0 Å². The summed E-state index contributed by atoms with van der Waals surface area (Å²) in [7, 11) is 0. The second-order valence-corrected chi connectivity index (χ2v) is 7.96. The van der Waals surface area contributed by atoms with Crippen LogP contribution < -0.4 is 10.6 Å². The Kier molecular flexibility index (Phi) is 6.57. The van der Waals surface area contributed by atoms with Crippen molar-refractivity contribution in [1.82, 2.24) is 25.5 Å². The highest BCUT2D eigenvalue weighted by Gasteiger charge is 2.20. The largest absolute Gasteiger partial charge is 0.364 e. The van der Waals surface area contributed by atoms with Gasteiger partial charge < -0.3 is 10.6 Å². The minimum atomic E-state index is 0. The molecule has 0 saturated heterocycles. The quantitative estimate of drug-likeness (QED) is 0.555. The van der Waals surface area contributed by atoms with Gasteiger partial charge in [-0.15, -0.1) is 36.2 Å². The number of anilines is 1. The van der Waals surface area contributed by atoms with Crippen LogP contribution in [-0.2, 0) is 32.4 Å². The maximum atomic E-state index is 4.57. The Hall–Kier alpha value is -1.41. The number of nitrogens with zero attached hydrogens (tertiary/aromatic N) is 3. The minimum absolute atomic E-state index is 0. The number of hydrogen-bond acceptors (Lipinski definition) is 6. The van der Waals surface area contributed by atoms with Gasteiger partial charge in [0, 0.05) is 17.1 Å². The number of thiophene rings is 1. The van der Waals surface area contributed by atoms with E-state index in [4.69, 9.17) is 0 Å². The SMILES string of the molecule is Cl.Cl.c1nc(NCc2n[nH]c3c2CCCCC3)c2c3c(sc2n1)CNCC3. The number of H-pyrrole nitrogens is 1. The molecule has 1 aliphatic heterocycles. The standard InChI is InChI=1S/C18H22N6S.2ClH/c1-2-4-11-13(5-3-1)23-24-14(11)8-20-17-16-12-6-7-19-9-15(12)25-18(16)22-10-21-17;;/h10,19H,1-9H2,(H,23,24)(H,20,21,22);2*1H. The average Bonchev–Trinajstić information content (AvgIpc) is 3.13. The van der Waals surface area contributed by atoms with Gasteiger partial charge in [-0.2, -0.15) is 5.10 Å². The number of fused-ring (bicyclic) bond motifs is 4. The molecule has 0 aromatic carbocycles. The normalized spacial score (nSPS) is 15.9. The number of hydrogen-bond donors (Lipinski definition) is 3. The van der Waals surface area contributed by atoms with Crippen molar-refractivity contribution in [2.24, 2.45) is 0 Å². The van der Waals surface area contributed by atoms with E-state index in [0.717, 1.165) is 55.2 Å². The van der Waals surface area contributed by atoms with E-state index in [1.165, 1.54) is 46.3 Å². The molecular formula is C18H24Cl2N6S. The van der Waals surface area contributed by atoms with Crippen molar-refractivity contribution in [1.29, 1.82) is 0 Å². The lowest BCUT2D eigenvalue weighted by Gasteiger charge is -2.13. The van der Waals surface area contributed by atoms with Crippen LogP contribution in [-0.4, -0.2) is 26.7 Å². The van der Waals surface area contributed by atoms with Crippen molar-refractivity contribution in [3.63, 3.8) is 0 Å². The van der Waals surface area contributed by atoms with Gasteiger partial charge in [0.2, 0.25) is 0 Å². The molecule has 0 spiro atoms. The van der Waals surface area contributed by atoms with E-state index >= 15 is 0 Å². The zero-order valence-corrected chi connectivity index (χ0v) is 17.5. The van der Waals surface area contributed by atoms with Crippen molar-refractivity contribution in [3.05, 3.63) is 33.7 Å². The summed E-state index contributed by atoms with van der Waals surface area (Å²) in [5.74, 6) is 0.953. The van der Waals surface area contributed by atoms with E-state index in [2.05, 4.69) is 30.8 Å². The molecule has 6 nitrogen and oxygen atoms in total. The average molecular weight is 427 g/mol. The summed E-state index contributed by atoms with van der Waals surface area (Å²) in [5, 5.41) is 16.0. The Morgan fingerprint density at radius 2 is 1.93 bits per heavy atom. The molecule has 0 amide bonds. The Balaban J connectivity index is 0.00000105. The van der Waals surface area contributed by atoms with Gasteiger partial charge >= 0.3 is 0 Å². The van der Waals surface area contributed by atoms with Gasteiger partial charge in [-0.3, -0.25) is 5.10 Å². The van der Waals surface area contributed by atoms with E-state index in [1.54, 1.807) is 17.7 Å². The first-order valence-electron chi connectivity index (χ1n) is 9.15. The maximum absolute atomic E-state index is 4.57. The minimum Gasteiger partial charge on any atom is -0.364 e. The molecule has 0 radical (unpaired) electrons. The van der Waals surface area contributed by atoms with Gasteiger partial charge in [0.15, 0.2) is 0 Å². The van der Waals surface area contributed by atoms with Crippen LogP contribution in [0.3, 0.4) is 0 Å². The molecule has 0 bridgehead atoms. The third kappa shape index (κ3) is 3.78. The maximum Gasteiger partial charge on any atom is 0.138 e. The van der Waals surface area contributed by atoms with Gasteiger partial charge in [-0.05, 0) is 49.8 Å². The van der Waals surface area contributed by atoms with Crippen molar-refractivity contribution >= 4 is 52.2 Å². The predicted molar refractivity (Wildman–Crippen MR) is 114 cm³/mol. The summed E-state index contributed by atoms with van der Waals surface area (Å²) in [6.07, 6.45) is 8.84. The van der Waals surface area contributed by atoms with Crippen LogP contribution in [0.5, 0.6) is 0 Å². The second-order valence-electron chi connectivity index (χ2n) is 6.87. The summed E-state index contributed by atoms with van der Waals surface area (Å²) < 4.78 is 0. The van der Waals surface area contributed by atoms with E-state index in [-0.39, 0.29) is 24.8 Å². The number of halogens is 2. The Morgan fingerprint density at radius 3 is 2.85 bits per heavy atom. The molecular weight excluding hydrogens is 403 g/mol. The number of nitrogens with one attached hydrogen (secondary N) is 3. The van der Waals surface area contributed by atoms with E-state index in [1.807, 2.05) is 0 Å². The first-order valence-corrected chi connectivity index (χ1v) is 9.96. The van der Waals surface area contributed by atoms with Crippen LogP contribution in [0.25, 0.3) is 10.2 Å². The number of aromatic nitrogens is 4. The van der Waals surface area contributed by atoms with Crippen LogP contribution in [0.1, 0.15) is 46.7 Å². The van der Waals surface area contributed by atoms with Gasteiger partial charge in [0.05, 0.1) is 17.6 Å². The van der Waals surface area contributed by atoms with Gasteiger partial charge in [-0.1, -0.05) is 6.42 Å². The van der Waals surface area contributed by atoms with Crippen LogP contribution >= 0.6 is 36.2 Å². The Morgan fingerprint density at radius 1 is 1.04 bits per heavy atom. The lowest BCUT2D eigenvalue weighted by molar-refractivity contribution is 0.657. The number of rotatable bonds is 3. The van der Waals surface area contributed by atoms with Crippen LogP contribution in [0, 0.1) is 0 Å². The molecule has 0 unspecified atom stereocenters. The smallest absolute Gasteiger partial charge is 0.138 e.